The number of benzene rings is 1. The van der Waals surface area contributed by atoms with Crippen LogP contribution in [0.1, 0.15) is 38.9 Å². The molecule has 0 bridgehead atoms. The predicted molar refractivity (Wildman–Crippen MR) is 88.7 cm³/mol. The third-order valence-electron chi connectivity index (χ3n) is 4.79. The van der Waals surface area contributed by atoms with E-state index in [1.807, 2.05) is 20.9 Å². The zero-order valence-electron chi connectivity index (χ0n) is 14.6. The minimum absolute atomic E-state index is 0.0352. The normalized spacial score (nSPS) is 16.1. The van der Waals surface area contributed by atoms with Crippen LogP contribution in [0.15, 0.2) is 12.1 Å². The van der Waals surface area contributed by atoms with E-state index in [9.17, 15) is 14.4 Å². The molecule has 1 aliphatic heterocycles. The molecular formula is C18H19FN4O2. The van der Waals surface area contributed by atoms with Gasteiger partial charge in [0.25, 0.3) is 5.91 Å². The van der Waals surface area contributed by atoms with Crippen LogP contribution < -0.4 is 4.74 Å². The molecule has 0 radical (unpaired) electrons. The first-order valence-corrected chi connectivity index (χ1v) is 7.96. The standard InChI is InChI=1S/C18H19FN4O2/c1-10-13(11(2)22(3)21-10)5-6-23-16(9-20)14-7-12(25-4)8-15(19)17(14)18(23)24/h7-8,16H,5-6H2,1-4H3. The van der Waals surface area contributed by atoms with Crippen molar-refractivity contribution in [1.29, 1.82) is 5.26 Å². The molecule has 2 aromatic rings. The molecule has 0 saturated heterocycles. The number of amides is 1. The van der Waals surface area contributed by atoms with Crippen molar-refractivity contribution in [3.05, 3.63) is 46.0 Å². The Balaban J connectivity index is 1.92. The van der Waals surface area contributed by atoms with Gasteiger partial charge in [-0.05, 0) is 31.9 Å². The van der Waals surface area contributed by atoms with Gasteiger partial charge >= 0.3 is 0 Å². The van der Waals surface area contributed by atoms with E-state index in [1.54, 1.807) is 10.7 Å². The molecule has 6 nitrogen and oxygen atoms in total. The summed E-state index contributed by atoms with van der Waals surface area (Å²) in [4.78, 5) is 14.1. The van der Waals surface area contributed by atoms with Crippen LogP contribution in [0.5, 0.6) is 5.75 Å². The molecule has 1 unspecified atom stereocenters. The minimum atomic E-state index is -0.815. The summed E-state index contributed by atoms with van der Waals surface area (Å²) < 4.78 is 21.2. The smallest absolute Gasteiger partial charge is 0.258 e. The van der Waals surface area contributed by atoms with Crippen LogP contribution in [-0.4, -0.2) is 34.2 Å². The fourth-order valence-corrected chi connectivity index (χ4v) is 3.37. The highest BCUT2D eigenvalue weighted by atomic mass is 19.1. The fourth-order valence-electron chi connectivity index (χ4n) is 3.37. The van der Waals surface area contributed by atoms with Gasteiger partial charge in [0, 0.05) is 30.9 Å². The lowest BCUT2D eigenvalue weighted by atomic mass is 10.0. The van der Waals surface area contributed by atoms with Crippen molar-refractivity contribution < 1.29 is 13.9 Å². The number of halogens is 1. The largest absolute Gasteiger partial charge is 0.497 e. The highest BCUT2D eigenvalue weighted by molar-refractivity contribution is 6.00. The monoisotopic (exact) mass is 342 g/mol. The molecule has 2 heterocycles. The summed E-state index contributed by atoms with van der Waals surface area (Å²) in [5.74, 6) is -0.818. The van der Waals surface area contributed by atoms with Crippen LogP contribution in [0.25, 0.3) is 0 Å². The zero-order chi connectivity index (χ0) is 18.3. The van der Waals surface area contributed by atoms with E-state index in [0.717, 1.165) is 17.0 Å². The van der Waals surface area contributed by atoms with Crippen molar-refractivity contribution in [2.45, 2.75) is 26.3 Å². The number of fused-ring (bicyclic) bond motifs is 1. The highest BCUT2D eigenvalue weighted by Crippen LogP contribution is 2.37. The number of carbonyl (C=O) groups excluding carboxylic acids is 1. The first-order chi connectivity index (χ1) is 11.9. The Hall–Kier alpha value is -2.88. The molecule has 1 atom stereocenters. The summed E-state index contributed by atoms with van der Waals surface area (Å²) in [6.45, 7) is 4.19. The second kappa shape index (κ2) is 6.20. The van der Waals surface area contributed by atoms with Gasteiger partial charge in [0.2, 0.25) is 0 Å². The first kappa shape index (κ1) is 17.0. The molecule has 0 spiro atoms. The summed E-state index contributed by atoms with van der Waals surface area (Å²) >= 11 is 0. The maximum atomic E-state index is 14.3. The van der Waals surface area contributed by atoms with Crippen molar-refractivity contribution in [3.63, 3.8) is 0 Å². The molecule has 1 aromatic carbocycles. The van der Waals surface area contributed by atoms with E-state index in [1.165, 1.54) is 18.1 Å². The lowest BCUT2D eigenvalue weighted by Gasteiger charge is -2.20. The van der Waals surface area contributed by atoms with E-state index < -0.39 is 17.8 Å². The van der Waals surface area contributed by atoms with Gasteiger partial charge in [0.1, 0.15) is 17.6 Å². The van der Waals surface area contributed by atoms with Gasteiger partial charge in [-0.2, -0.15) is 10.4 Å². The Bertz CT molecular complexity index is 897. The number of nitrogens with zero attached hydrogens (tertiary/aromatic N) is 4. The number of aromatic nitrogens is 2. The Morgan fingerprint density at radius 1 is 1.40 bits per heavy atom. The third kappa shape index (κ3) is 2.64. The Kier molecular flexibility index (Phi) is 4.21. The Morgan fingerprint density at radius 3 is 2.68 bits per heavy atom. The quantitative estimate of drug-likeness (QED) is 0.856. The summed E-state index contributed by atoms with van der Waals surface area (Å²) in [6, 6.07) is 4.03. The van der Waals surface area contributed by atoms with Gasteiger partial charge in [-0.3, -0.25) is 9.48 Å². The van der Waals surface area contributed by atoms with Crippen molar-refractivity contribution in [2.24, 2.45) is 7.05 Å². The molecule has 130 valence electrons. The number of ether oxygens (including phenoxy) is 1. The van der Waals surface area contributed by atoms with Crippen LogP contribution in [0.4, 0.5) is 4.39 Å². The highest BCUT2D eigenvalue weighted by Gasteiger charge is 2.39. The second-order valence-corrected chi connectivity index (χ2v) is 6.13. The van der Waals surface area contributed by atoms with E-state index in [-0.39, 0.29) is 5.56 Å². The average molecular weight is 342 g/mol. The summed E-state index contributed by atoms with van der Waals surface area (Å²) in [5, 5.41) is 13.9. The molecule has 0 fully saturated rings. The van der Waals surface area contributed by atoms with Crippen LogP contribution >= 0.6 is 0 Å². The SMILES string of the molecule is COc1cc(F)c2c(c1)C(C#N)N(CCc1c(C)nn(C)c1C)C2=O. The molecule has 25 heavy (non-hydrogen) atoms. The number of rotatable bonds is 4. The van der Waals surface area contributed by atoms with Crippen LogP contribution in [0.2, 0.25) is 0 Å². The molecule has 1 aliphatic rings. The molecule has 0 N–H and O–H groups in total. The van der Waals surface area contributed by atoms with Crippen molar-refractivity contribution in [2.75, 3.05) is 13.7 Å². The molecular weight excluding hydrogens is 323 g/mol. The maximum absolute atomic E-state index is 14.3. The summed E-state index contributed by atoms with van der Waals surface area (Å²) in [7, 11) is 3.29. The topological polar surface area (TPSA) is 71.2 Å². The van der Waals surface area contributed by atoms with E-state index in [4.69, 9.17) is 4.74 Å². The summed E-state index contributed by atoms with van der Waals surface area (Å²) in [6.07, 6.45) is 0.558. The molecule has 1 aromatic heterocycles. The van der Waals surface area contributed by atoms with Crippen molar-refractivity contribution in [1.82, 2.24) is 14.7 Å². The lowest BCUT2D eigenvalue weighted by Crippen LogP contribution is -2.30. The van der Waals surface area contributed by atoms with Crippen LogP contribution in [0.3, 0.4) is 0 Å². The van der Waals surface area contributed by atoms with Gasteiger partial charge in [-0.15, -0.1) is 0 Å². The molecule has 0 aliphatic carbocycles. The van der Waals surface area contributed by atoms with Gasteiger partial charge in [-0.1, -0.05) is 0 Å². The van der Waals surface area contributed by atoms with Crippen molar-refractivity contribution in [3.8, 4) is 11.8 Å². The molecule has 1 amide bonds. The fraction of sp³-hybridized carbons (Fsp3) is 0.389. The number of methoxy groups -OCH3 is 1. The van der Waals surface area contributed by atoms with Crippen LogP contribution in [-0.2, 0) is 13.5 Å². The Morgan fingerprint density at radius 2 is 2.12 bits per heavy atom. The summed E-state index contributed by atoms with van der Waals surface area (Å²) in [5.41, 5.74) is 3.28. The maximum Gasteiger partial charge on any atom is 0.258 e. The molecule has 0 saturated carbocycles. The van der Waals surface area contributed by atoms with E-state index in [2.05, 4.69) is 11.2 Å². The lowest BCUT2D eigenvalue weighted by molar-refractivity contribution is 0.0756. The van der Waals surface area contributed by atoms with Gasteiger partial charge in [-0.25, -0.2) is 4.39 Å². The number of hydrogen-bond donors (Lipinski definition) is 0. The van der Waals surface area contributed by atoms with E-state index in [0.29, 0.717) is 24.3 Å². The van der Waals surface area contributed by atoms with Crippen LogP contribution in [0, 0.1) is 31.0 Å². The number of aryl methyl sites for hydroxylation is 2. The van der Waals surface area contributed by atoms with E-state index >= 15 is 0 Å². The Labute approximate surface area is 145 Å². The number of nitriles is 1. The third-order valence-corrected chi connectivity index (χ3v) is 4.79. The minimum Gasteiger partial charge on any atom is -0.497 e. The second-order valence-electron chi connectivity index (χ2n) is 6.13. The van der Waals surface area contributed by atoms with Gasteiger partial charge in [0.15, 0.2) is 0 Å². The molecule has 7 heteroatoms. The number of carbonyl (C=O) groups is 1. The van der Waals surface area contributed by atoms with Gasteiger partial charge < -0.3 is 9.64 Å². The van der Waals surface area contributed by atoms with Gasteiger partial charge in [0.05, 0.1) is 24.4 Å². The van der Waals surface area contributed by atoms with Crippen molar-refractivity contribution >= 4 is 5.91 Å². The zero-order valence-corrected chi connectivity index (χ0v) is 14.6. The molecule has 3 rings (SSSR count). The average Bonchev–Trinajstić information content (AvgIpc) is 2.99. The number of hydrogen-bond acceptors (Lipinski definition) is 4. The predicted octanol–water partition coefficient (Wildman–Crippen LogP) is 2.45. The first-order valence-electron chi connectivity index (χ1n) is 7.96.